The van der Waals surface area contributed by atoms with Crippen LogP contribution in [0.5, 0.6) is 0 Å². The van der Waals surface area contributed by atoms with Gasteiger partial charge in [-0.3, -0.25) is 4.90 Å². The molecule has 0 aromatic carbocycles. The van der Waals surface area contributed by atoms with Gasteiger partial charge in [0, 0.05) is 37.3 Å². The molecule has 4 nitrogen and oxygen atoms in total. The summed E-state index contributed by atoms with van der Waals surface area (Å²) in [6.07, 6.45) is 9.46. The predicted molar refractivity (Wildman–Crippen MR) is 99.9 cm³/mol. The predicted octanol–water partition coefficient (Wildman–Crippen LogP) is 4.78. The molecule has 1 aliphatic heterocycles. The van der Waals surface area contributed by atoms with E-state index in [0.29, 0.717) is 16.2 Å². The molecule has 2 aliphatic rings. The quantitative estimate of drug-likeness (QED) is 0.722. The van der Waals surface area contributed by atoms with Crippen LogP contribution in [0.3, 0.4) is 0 Å². The van der Waals surface area contributed by atoms with Crippen LogP contribution in [-0.4, -0.2) is 26.4 Å². The number of nitrogens with zero attached hydrogens (tertiary/aromatic N) is 4. The Kier molecular flexibility index (Phi) is 5.20. The molecule has 0 radical (unpaired) electrons. The molecule has 1 aliphatic carbocycles. The molecule has 0 unspecified atom stereocenters. The number of aromatic nitrogens is 3. The number of fused-ring (bicyclic) bond motifs is 1. The van der Waals surface area contributed by atoms with E-state index < -0.39 is 0 Å². The summed E-state index contributed by atoms with van der Waals surface area (Å²) in [6, 6.07) is 3.75. The Labute approximate surface area is 158 Å². The van der Waals surface area contributed by atoms with E-state index in [4.69, 9.17) is 28.2 Å². The molecule has 132 valence electrons. The molecule has 0 saturated heterocycles. The summed E-state index contributed by atoms with van der Waals surface area (Å²) in [5, 5.41) is 0.923. The van der Waals surface area contributed by atoms with Crippen molar-refractivity contribution < 1.29 is 0 Å². The molecule has 2 aromatic heterocycles. The van der Waals surface area contributed by atoms with Crippen molar-refractivity contribution in [1.82, 2.24) is 19.9 Å². The van der Waals surface area contributed by atoms with Gasteiger partial charge in [-0.1, -0.05) is 48.5 Å². The smallest absolute Gasteiger partial charge is 0.135 e. The lowest BCUT2D eigenvalue weighted by Gasteiger charge is -2.29. The van der Waals surface area contributed by atoms with E-state index in [1.807, 2.05) is 6.07 Å². The molecule has 1 saturated carbocycles. The van der Waals surface area contributed by atoms with Crippen LogP contribution in [0.2, 0.25) is 10.3 Å². The second-order valence-corrected chi connectivity index (χ2v) is 7.82. The Morgan fingerprint density at radius 2 is 1.92 bits per heavy atom. The third kappa shape index (κ3) is 3.97. The zero-order chi connectivity index (χ0) is 17.2. The minimum atomic E-state index is 0.433. The minimum absolute atomic E-state index is 0.433. The normalized spacial score (nSPS) is 19.0. The van der Waals surface area contributed by atoms with E-state index in [1.54, 1.807) is 6.07 Å². The molecule has 0 bridgehead atoms. The number of halogens is 2. The first-order valence-corrected chi connectivity index (χ1v) is 9.82. The fourth-order valence-electron chi connectivity index (χ4n) is 3.86. The van der Waals surface area contributed by atoms with Crippen molar-refractivity contribution in [2.45, 2.75) is 57.5 Å². The van der Waals surface area contributed by atoms with E-state index in [1.165, 1.54) is 43.4 Å². The van der Waals surface area contributed by atoms with Gasteiger partial charge in [0.1, 0.15) is 16.1 Å². The van der Waals surface area contributed by atoms with Crippen LogP contribution in [0.1, 0.15) is 60.7 Å². The van der Waals surface area contributed by atoms with E-state index in [-0.39, 0.29) is 0 Å². The van der Waals surface area contributed by atoms with Crippen LogP contribution in [-0.2, 0) is 19.5 Å². The maximum Gasteiger partial charge on any atom is 0.135 e. The fourth-order valence-corrected chi connectivity index (χ4v) is 4.27. The lowest BCUT2D eigenvalue weighted by molar-refractivity contribution is 0.240. The second kappa shape index (κ2) is 7.56. The molecule has 3 heterocycles. The van der Waals surface area contributed by atoms with Crippen molar-refractivity contribution in [1.29, 1.82) is 0 Å². The van der Waals surface area contributed by atoms with Gasteiger partial charge in [0.2, 0.25) is 0 Å². The number of hydrogen-bond acceptors (Lipinski definition) is 4. The highest BCUT2D eigenvalue weighted by atomic mass is 35.5. The molecule has 1 fully saturated rings. The van der Waals surface area contributed by atoms with Crippen LogP contribution >= 0.6 is 23.2 Å². The van der Waals surface area contributed by atoms with Crippen molar-refractivity contribution in [2.75, 3.05) is 6.54 Å². The van der Waals surface area contributed by atoms with Crippen molar-refractivity contribution in [2.24, 2.45) is 0 Å². The van der Waals surface area contributed by atoms with E-state index >= 15 is 0 Å². The topological polar surface area (TPSA) is 41.9 Å². The van der Waals surface area contributed by atoms with Gasteiger partial charge in [-0.15, -0.1) is 0 Å². The van der Waals surface area contributed by atoms with E-state index in [9.17, 15) is 0 Å². The summed E-state index contributed by atoms with van der Waals surface area (Å²) in [5.74, 6) is 1.59. The first-order valence-electron chi connectivity index (χ1n) is 9.07. The summed E-state index contributed by atoms with van der Waals surface area (Å²) in [6.45, 7) is 2.60. The van der Waals surface area contributed by atoms with Crippen LogP contribution < -0.4 is 0 Å². The number of pyridine rings is 1. The molecule has 0 N–H and O–H groups in total. The standard InChI is InChI=1S/C19H22Cl2N4/c20-17-7-6-15(18(21)24-17)11-25-9-8-14-10-22-19(23-16(14)12-25)13-4-2-1-3-5-13/h6-7,10,13H,1-5,8-9,11-12H2. The number of hydrogen-bond donors (Lipinski definition) is 0. The lowest BCUT2D eigenvalue weighted by atomic mass is 9.88. The molecule has 4 rings (SSSR count). The summed E-state index contributed by atoms with van der Waals surface area (Å²) in [7, 11) is 0. The summed E-state index contributed by atoms with van der Waals surface area (Å²) in [5.41, 5.74) is 3.48. The highest BCUT2D eigenvalue weighted by Crippen LogP contribution is 2.31. The van der Waals surface area contributed by atoms with Gasteiger partial charge >= 0.3 is 0 Å². The average Bonchev–Trinajstić information content (AvgIpc) is 2.64. The maximum absolute atomic E-state index is 6.23. The largest absolute Gasteiger partial charge is 0.293 e. The Balaban J connectivity index is 1.49. The average molecular weight is 377 g/mol. The Hall–Kier alpha value is -1.23. The first kappa shape index (κ1) is 17.2. The zero-order valence-electron chi connectivity index (χ0n) is 14.2. The van der Waals surface area contributed by atoms with Gasteiger partial charge in [-0.2, -0.15) is 0 Å². The van der Waals surface area contributed by atoms with Gasteiger partial charge < -0.3 is 0 Å². The maximum atomic E-state index is 6.23. The first-order chi connectivity index (χ1) is 12.2. The second-order valence-electron chi connectivity index (χ2n) is 7.08. The highest BCUT2D eigenvalue weighted by Gasteiger charge is 2.23. The monoisotopic (exact) mass is 376 g/mol. The van der Waals surface area contributed by atoms with E-state index in [2.05, 4.69) is 21.1 Å². The third-order valence-electron chi connectivity index (χ3n) is 5.30. The van der Waals surface area contributed by atoms with Gasteiger partial charge in [-0.25, -0.2) is 15.0 Å². The van der Waals surface area contributed by atoms with Gasteiger partial charge in [0.15, 0.2) is 0 Å². The van der Waals surface area contributed by atoms with E-state index in [0.717, 1.165) is 37.4 Å². The van der Waals surface area contributed by atoms with Gasteiger partial charge in [0.25, 0.3) is 0 Å². The highest BCUT2D eigenvalue weighted by molar-refractivity contribution is 6.32. The molecular formula is C19H22Cl2N4. The van der Waals surface area contributed by atoms with Crippen LogP contribution in [0.15, 0.2) is 18.3 Å². The van der Waals surface area contributed by atoms with Crippen molar-refractivity contribution in [3.63, 3.8) is 0 Å². The Morgan fingerprint density at radius 3 is 2.72 bits per heavy atom. The molecule has 0 atom stereocenters. The SMILES string of the molecule is Clc1ccc(CN2CCc3cnc(C4CCCCC4)nc3C2)c(Cl)n1. The lowest BCUT2D eigenvalue weighted by Crippen LogP contribution is -2.31. The fraction of sp³-hybridized carbons (Fsp3) is 0.526. The molecule has 0 spiro atoms. The summed E-state index contributed by atoms with van der Waals surface area (Å²) < 4.78 is 0. The molecule has 25 heavy (non-hydrogen) atoms. The Bertz CT molecular complexity index is 759. The van der Waals surface area contributed by atoms with Crippen molar-refractivity contribution >= 4 is 23.2 Å². The molecule has 0 amide bonds. The molecular weight excluding hydrogens is 355 g/mol. The minimum Gasteiger partial charge on any atom is -0.293 e. The van der Waals surface area contributed by atoms with Crippen LogP contribution in [0.25, 0.3) is 0 Å². The van der Waals surface area contributed by atoms with Crippen molar-refractivity contribution in [3.05, 3.63) is 51.3 Å². The number of rotatable bonds is 3. The van der Waals surface area contributed by atoms with Crippen molar-refractivity contribution in [3.8, 4) is 0 Å². The zero-order valence-corrected chi connectivity index (χ0v) is 15.7. The van der Waals surface area contributed by atoms with Gasteiger partial charge in [-0.05, 0) is 30.9 Å². The summed E-state index contributed by atoms with van der Waals surface area (Å²) in [4.78, 5) is 16.1. The van der Waals surface area contributed by atoms with Gasteiger partial charge in [0.05, 0.1) is 5.69 Å². The molecule has 6 heteroatoms. The Morgan fingerprint density at radius 1 is 1.08 bits per heavy atom. The molecule has 2 aromatic rings. The van der Waals surface area contributed by atoms with Crippen LogP contribution in [0.4, 0.5) is 0 Å². The summed E-state index contributed by atoms with van der Waals surface area (Å²) >= 11 is 12.1. The van der Waals surface area contributed by atoms with Crippen LogP contribution in [0, 0.1) is 0 Å². The third-order valence-corrected chi connectivity index (χ3v) is 5.84.